The minimum Gasteiger partial charge on any atom is -0.822 e. The Bertz CT molecular complexity index is 57.8. The molecule has 0 aliphatic carbocycles. The Morgan fingerprint density at radius 2 is 1.14 bits per heavy atom. The average Bonchev–Trinajstić information content (AvgIpc) is 0.722. The van der Waals surface area contributed by atoms with E-state index >= 15 is 0 Å². The second-order valence-corrected chi connectivity index (χ2v) is 1.34. The largest absolute Gasteiger partial charge is 3.00 e. The van der Waals surface area contributed by atoms with Crippen LogP contribution >= 0.6 is 20.2 Å². The summed E-state index contributed by atoms with van der Waals surface area (Å²) in [5, 5.41) is 0. The third-order valence-electron chi connectivity index (χ3n) is 0. The van der Waals surface area contributed by atoms with E-state index in [0.717, 1.165) is 0 Å². The summed E-state index contributed by atoms with van der Waals surface area (Å²) in [6.45, 7) is 0. The predicted molar refractivity (Wildman–Crippen MR) is 14.9 cm³/mol. The third-order valence-corrected chi connectivity index (χ3v) is 0. The Labute approximate surface area is 57.1 Å². The van der Waals surface area contributed by atoms with Crippen molar-refractivity contribution in [1.82, 2.24) is 0 Å². The van der Waals surface area contributed by atoms with Crippen LogP contribution in [0.2, 0.25) is 0 Å². The summed E-state index contributed by atoms with van der Waals surface area (Å²) in [5.41, 5.74) is 0. The van der Waals surface area contributed by atoms with E-state index in [-0.39, 0.29) is 29.5 Å². The molecule has 0 heterocycles. The van der Waals surface area contributed by atoms with Gasteiger partial charge in [-0.2, -0.15) is 7.82 Å². The van der Waals surface area contributed by atoms with Crippen LogP contribution < -0.4 is 14.7 Å². The maximum atomic E-state index is 8.55. The fourth-order valence-corrected chi connectivity index (χ4v) is 0. The molecule has 0 radical (unpaired) electrons. The van der Waals surface area contributed by atoms with Crippen LogP contribution in [0.3, 0.4) is 0 Å². The summed E-state index contributed by atoms with van der Waals surface area (Å²) in [6.07, 6.45) is 0. The van der Waals surface area contributed by atoms with Crippen LogP contribution in [0, 0.1) is 0 Å². The quantitative estimate of drug-likeness (QED) is 0.312. The maximum absolute atomic E-state index is 8.55. The summed E-state index contributed by atoms with van der Waals surface area (Å²) in [5.74, 6) is 0. The zero-order chi connectivity index (χ0) is 4.50. The molecule has 7 heavy (non-hydrogen) atoms. The average molecular weight is 186 g/mol. The van der Waals surface area contributed by atoms with Crippen LogP contribution in [0.15, 0.2) is 0 Å². The first-order valence-corrected chi connectivity index (χ1v) is 2.19. The first-order chi connectivity index (χ1) is 2.00. The molecule has 0 amide bonds. The van der Waals surface area contributed by atoms with Crippen molar-refractivity contribution in [3.05, 3.63) is 0 Å². The molecule has 0 saturated carbocycles. The van der Waals surface area contributed by atoms with Crippen molar-refractivity contribution in [2.45, 2.75) is 0 Å². The summed E-state index contributed by atoms with van der Waals surface area (Å²) >= 11 is 0. The van der Waals surface area contributed by atoms with E-state index in [1.807, 2.05) is 0 Å². The van der Waals surface area contributed by atoms with Gasteiger partial charge in [-0.3, -0.25) is 0 Å². The fraction of sp³-hybridized carbons (Fsp3) is 0. The maximum Gasteiger partial charge on any atom is 3.00 e. The molecule has 0 aliphatic rings. The number of phosphoric acid groups is 1. The van der Waals surface area contributed by atoms with E-state index in [1.54, 1.807) is 0 Å². The van der Waals surface area contributed by atoms with Crippen molar-refractivity contribution in [2.75, 3.05) is 0 Å². The summed E-state index contributed by atoms with van der Waals surface area (Å²) in [4.78, 5) is 25.6. The number of rotatable bonds is 0. The van der Waals surface area contributed by atoms with Crippen molar-refractivity contribution < 1.29 is 36.3 Å². The second kappa shape index (κ2) is 5.06. The molecule has 0 rings (SSSR count). The molecule has 0 aromatic heterocycles. The minimum atomic E-state index is -5.39. The monoisotopic (exact) mass is 186 g/mol. The van der Waals surface area contributed by atoms with Crippen LogP contribution in [-0.4, -0.2) is 0 Å². The van der Waals surface area contributed by atoms with E-state index in [1.165, 1.54) is 0 Å². The zero-order valence-corrected chi connectivity index (χ0v) is 5.76. The molecule has 0 atom stereocenters. The molecule has 0 aliphatic heterocycles. The standard InChI is InChI=1S/ClH.Mn.H3O4P/c;;1-5(2,3)4/h1H;;(H3,1,2,3,4)/q;+3;/p-3. The van der Waals surface area contributed by atoms with Gasteiger partial charge >= 0.3 is 17.1 Å². The number of hydrogen-bond acceptors (Lipinski definition) is 4. The van der Waals surface area contributed by atoms with Crippen LogP contribution in [0.4, 0.5) is 0 Å². The first kappa shape index (κ1) is 15.7. The van der Waals surface area contributed by atoms with Crippen molar-refractivity contribution in [3.8, 4) is 0 Å². The van der Waals surface area contributed by atoms with Crippen LogP contribution in [-0.2, 0) is 21.6 Å². The molecule has 7 heteroatoms. The molecular weight excluding hydrogens is 185 g/mol. The van der Waals surface area contributed by atoms with Crippen LogP contribution in [0.5, 0.6) is 0 Å². The molecule has 0 aromatic carbocycles. The molecule has 4 nitrogen and oxygen atoms in total. The number of halogens is 1. The molecule has 0 N–H and O–H groups in total. The van der Waals surface area contributed by atoms with Crippen molar-refractivity contribution in [3.63, 3.8) is 0 Å². The van der Waals surface area contributed by atoms with Gasteiger partial charge in [-0.25, -0.2) is 0 Å². The fourth-order valence-electron chi connectivity index (χ4n) is 0. The topological polar surface area (TPSA) is 86.2 Å². The molecule has 0 bridgehead atoms. The Balaban J connectivity index is -0.0000000800. The van der Waals surface area contributed by atoms with Gasteiger partial charge in [-0.15, -0.1) is 12.4 Å². The molecule has 0 spiro atoms. The Hall–Kier alpha value is 0.919. The molecule has 0 aromatic rings. The molecule has 0 fully saturated rings. The smallest absolute Gasteiger partial charge is 0.822 e. The first-order valence-electron chi connectivity index (χ1n) is 0.730. The van der Waals surface area contributed by atoms with Gasteiger partial charge in [-0.1, -0.05) is 0 Å². The minimum absolute atomic E-state index is 0. The third kappa shape index (κ3) is 198. The summed E-state index contributed by atoms with van der Waals surface area (Å²) in [7, 11) is -5.39. The van der Waals surface area contributed by atoms with Gasteiger partial charge in [0.2, 0.25) is 0 Å². The van der Waals surface area contributed by atoms with Crippen LogP contribution in [0.1, 0.15) is 0 Å². The van der Waals surface area contributed by atoms with Gasteiger partial charge in [0.05, 0.1) is 0 Å². The van der Waals surface area contributed by atoms with Gasteiger partial charge in [0.15, 0.2) is 0 Å². The van der Waals surface area contributed by atoms with E-state index in [9.17, 15) is 0 Å². The summed E-state index contributed by atoms with van der Waals surface area (Å²) < 4.78 is 8.55. The molecular formula is HClMnO4P. The molecule has 0 unspecified atom stereocenters. The van der Waals surface area contributed by atoms with Gasteiger partial charge in [0, 0.05) is 0 Å². The van der Waals surface area contributed by atoms with E-state index in [0.29, 0.717) is 0 Å². The van der Waals surface area contributed by atoms with Gasteiger partial charge < -0.3 is 19.2 Å². The number of hydrogen-bond donors (Lipinski definition) is 0. The Morgan fingerprint density at radius 3 is 1.14 bits per heavy atom. The van der Waals surface area contributed by atoms with Gasteiger partial charge in [-0.05, 0) is 0 Å². The van der Waals surface area contributed by atoms with Crippen molar-refractivity contribution >= 4 is 20.2 Å². The SMILES string of the molecule is Cl.O=P([O-])([O-])[O-].[Mn+3]. The van der Waals surface area contributed by atoms with E-state index in [2.05, 4.69) is 0 Å². The van der Waals surface area contributed by atoms with Gasteiger partial charge in [0.25, 0.3) is 0 Å². The van der Waals surface area contributed by atoms with Crippen molar-refractivity contribution in [1.29, 1.82) is 0 Å². The predicted octanol–water partition coefficient (Wildman–Crippen LogP) is -2.41. The summed E-state index contributed by atoms with van der Waals surface area (Å²) in [6, 6.07) is 0. The van der Waals surface area contributed by atoms with Gasteiger partial charge in [0.1, 0.15) is 0 Å². The second-order valence-electron chi connectivity index (χ2n) is 0.447. The van der Waals surface area contributed by atoms with E-state index < -0.39 is 7.82 Å². The van der Waals surface area contributed by atoms with Crippen molar-refractivity contribution in [2.24, 2.45) is 0 Å². The Kier molecular flexibility index (Phi) is 11.3. The normalized spacial score (nSPS) is 8.43. The van der Waals surface area contributed by atoms with E-state index in [4.69, 9.17) is 19.2 Å². The Morgan fingerprint density at radius 1 is 1.14 bits per heavy atom. The van der Waals surface area contributed by atoms with Crippen LogP contribution in [0.25, 0.3) is 0 Å². The molecule has 44 valence electrons. The molecule has 0 saturated heterocycles. The zero-order valence-electron chi connectivity index (χ0n) is 2.87.